The van der Waals surface area contributed by atoms with Gasteiger partial charge in [-0.05, 0) is 19.9 Å². The van der Waals surface area contributed by atoms with Crippen LogP contribution in [-0.2, 0) is 14.3 Å². The molecule has 2 aromatic heterocycles. The lowest BCUT2D eigenvalue weighted by atomic mass is 10.00. The number of alkyl halides is 2. The van der Waals surface area contributed by atoms with Gasteiger partial charge >= 0.3 is 0 Å². The molecule has 0 aliphatic carbocycles. The van der Waals surface area contributed by atoms with E-state index < -0.39 is 12.1 Å². The number of halogens is 2. The van der Waals surface area contributed by atoms with Crippen LogP contribution in [0.4, 0.5) is 26.6 Å². The van der Waals surface area contributed by atoms with Gasteiger partial charge in [0.1, 0.15) is 11.9 Å². The quantitative estimate of drug-likeness (QED) is 0.329. The van der Waals surface area contributed by atoms with Crippen LogP contribution in [0.25, 0.3) is 11.4 Å². The van der Waals surface area contributed by atoms with Gasteiger partial charge in [-0.1, -0.05) is 5.57 Å². The number of amides is 1. The van der Waals surface area contributed by atoms with E-state index in [0.29, 0.717) is 77.5 Å². The maximum Gasteiger partial charge on any atom is 0.281 e. The Balaban J connectivity index is 1.24. The first-order valence-corrected chi connectivity index (χ1v) is 14.5. The average molecular weight is 600 g/mol. The summed E-state index contributed by atoms with van der Waals surface area (Å²) in [7, 11) is 0. The number of nitrogens with two attached hydrogens (primary N) is 1. The second-order valence-corrected chi connectivity index (χ2v) is 11.1. The van der Waals surface area contributed by atoms with Gasteiger partial charge in [0.05, 0.1) is 37.8 Å². The molecule has 0 atom stereocenters. The SMILES string of the molecule is CC(C)=CC(=O)CCC(=O)N1CC(C=[N+]2CCN(c3nc(-c4cnc(N)nc4C(F)F)nc(N4CCOCC4)n3)CC2)C1. The molecule has 5 rings (SSSR count). The van der Waals surface area contributed by atoms with Gasteiger partial charge in [-0.3, -0.25) is 9.59 Å². The summed E-state index contributed by atoms with van der Waals surface area (Å²) in [5.41, 5.74) is 6.00. The minimum Gasteiger partial charge on any atom is -0.378 e. The Morgan fingerprint density at radius 3 is 2.30 bits per heavy atom. The van der Waals surface area contributed by atoms with Crippen LogP contribution < -0.4 is 15.5 Å². The molecule has 0 unspecified atom stereocenters. The summed E-state index contributed by atoms with van der Waals surface area (Å²) in [6.07, 6.45) is 2.57. The fourth-order valence-electron chi connectivity index (χ4n) is 5.23. The fraction of sp³-hybridized carbons (Fsp3) is 0.571. The number of ketones is 1. The summed E-state index contributed by atoms with van der Waals surface area (Å²) in [5, 5.41) is 0. The summed E-state index contributed by atoms with van der Waals surface area (Å²) < 4.78 is 35.4. The number of piperazine rings is 1. The van der Waals surface area contributed by atoms with Crippen LogP contribution in [0.3, 0.4) is 0 Å². The fourth-order valence-corrected chi connectivity index (χ4v) is 5.23. The third-order valence-electron chi connectivity index (χ3n) is 7.51. The number of anilines is 3. The molecule has 2 N–H and O–H groups in total. The number of ether oxygens (including phenoxy) is 1. The lowest BCUT2D eigenvalue weighted by Crippen LogP contribution is -2.52. The van der Waals surface area contributed by atoms with Crippen molar-refractivity contribution in [3.8, 4) is 11.4 Å². The van der Waals surface area contributed by atoms with Crippen molar-refractivity contribution in [2.45, 2.75) is 33.1 Å². The van der Waals surface area contributed by atoms with E-state index in [2.05, 4.69) is 30.7 Å². The van der Waals surface area contributed by atoms with E-state index in [1.54, 1.807) is 11.0 Å². The molecule has 5 heterocycles. The van der Waals surface area contributed by atoms with Crippen molar-refractivity contribution in [2.24, 2.45) is 5.92 Å². The Labute approximate surface area is 248 Å². The predicted molar refractivity (Wildman–Crippen MR) is 155 cm³/mol. The second kappa shape index (κ2) is 13.4. The minimum absolute atomic E-state index is 0.00758. The smallest absolute Gasteiger partial charge is 0.281 e. The zero-order valence-electron chi connectivity index (χ0n) is 24.5. The molecule has 3 aliphatic rings. The van der Waals surface area contributed by atoms with E-state index in [1.165, 1.54) is 6.20 Å². The van der Waals surface area contributed by atoms with Crippen molar-refractivity contribution in [1.29, 1.82) is 0 Å². The van der Waals surface area contributed by atoms with Gasteiger partial charge in [0.2, 0.25) is 23.8 Å². The van der Waals surface area contributed by atoms with Gasteiger partial charge in [0.25, 0.3) is 6.43 Å². The first kappa shape index (κ1) is 30.3. The van der Waals surface area contributed by atoms with Crippen LogP contribution >= 0.6 is 0 Å². The lowest BCUT2D eigenvalue weighted by Gasteiger charge is -2.36. The van der Waals surface area contributed by atoms with E-state index in [4.69, 9.17) is 15.5 Å². The number of nitrogens with zero attached hydrogens (tertiary/aromatic N) is 9. The number of nitrogen functional groups attached to an aromatic ring is 1. The molecule has 0 bridgehead atoms. The zero-order valence-corrected chi connectivity index (χ0v) is 24.5. The molecule has 13 nitrogen and oxygen atoms in total. The first-order valence-electron chi connectivity index (χ1n) is 14.5. The van der Waals surface area contributed by atoms with E-state index in [9.17, 15) is 18.4 Å². The van der Waals surface area contributed by atoms with Crippen molar-refractivity contribution in [2.75, 3.05) is 81.1 Å². The lowest BCUT2D eigenvalue weighted by molar-refractivity contribution is -0.527. The monoisotopic (exact) mass is 599 g/mol. The molecule has 0 spiro atoms. The molecule has 15 heteroatoms. The van der Waals surface area contributed by atoms with E-state index in [0.717, 1.165) is 5.57 Å². The van der Waals surface area contributed by atoms with Crippen LogP contribution in [0.5, 0.6) is 0 Å². The Bertz CT molecular complexity index is 1390. The molecule has 3 aliphatic heterocycles. The highest BCUT2D eigenvalue weighted by atomic mass is 19.3. The minimum atomic E-state index is -2.88. The average Bonchev–Trinajstić information content (AvgIpc) is 2.97. The number of allylic oxidation sites excluding steroid dienone is 2. The number of carbonyl (C=O) groups excluding carboxylic acids is 2. The third kappa shape index (κ3) is 7.63. The number of aromatic nitrogens is 5. The van der Waals surface area contributed by atoms with Crippen LogP contribution in [0.2, 0.25) is 0 Å². The van der Waals surface area contributed by atoms with Gasteiger partial charge in [0, 0.05) is 45.2 Å². The Kier molecular flexibility index (Phi) is 9.48. The summed E-state index contributed by atoms with van der Waals surface area (Å²) in [6, 6.07) is 0. The van der Waals surface area contributed by atoms with E-state index in [-0.39, 0.29) is 47.8 Å². The van der Waals surface area contributed by atoms with Crippen molar-refractivity contribution >= 4 is 35.8 Å². The summed E-state index contributed by atoms with van der Waals surface area (Å²) in [4.78, 5) is 51.5. The third-order valence-corrected chi connectivity index (χ3v) is 7.51. The van der Waals surface area contributed by atoms with Crippen molar-refractivity contribution in [3.05, 3.63) is 23.5 Å². The standard InChI is InChI=1S/C28H37F2N10O3/c1-18(2)13-20(41)3-4-22(42)40-16-19(17-40)15-37-5-7-38(8-6-37)27-34-25(21-14-32-26(31)33-23(21)24(29)30)35-28(36-27)39-9-11-43-12-10-39/h13-15,19,24H,3-12,16-17H2,1-2H3,(H2,31,32,33)/q+1. The number of hydrogen-bond donors (Lipinski definition) is 1. The molecule has 230 valence electrons. The van der Waals surface area contributed by atoms with Crippen LogP contribution in [0.15, 0.2) is 17.8 Å². The van der Waals surface area contributed by atoms with Gasteiger partial charge in [-0.2, -0.15) is 15.0 Å². The molecular weight excluding hydrogens is 562 g/mol. The van der Waals surface area contributed by atoms with Crippen LogP contribution in [-0.4, -0.2) is 118 Å². The molecule has 0 radical (unpaired) electrons. The summed E-state index contributed by atoms with van der Waals surface area (Å²) in [6.45, 7) is 9.82. The molecule has 2 aromatic rings. The van der Waals surface area contributed by atoms with Crippen molar-refractivity contribution in [1.82, 2.24) is 29.8 Å². The predicted octanol–water partition coefficient (Wildman–Crippen LogP) is 1.36. The highest BCUT2D eigenvalue weighted by Gasteiger charge is 2.33. The first-order chi connectivity index (χ1) is 20.7. The topological polar surface area (TPSA) is 147 Å². The molecular formula is C28H37F2N10O3+. The van der Waals surface area contributed by atoms with E-state index in [1.807, 2.05) is 23.6 Å². The maximum atomic E-state index is 13.9. The van der Waals surface area contributed by atoms with Gasteiger partial charge < -0.3 is 25.2 Å². The Morgan fingerprint density at radius 1 is 1.02 bits per heavy atom. The normalized spacial score (nSPS) is 17.6. The number of hydrogen-bond acceptors (Lipinski definition) is 11. The van der Waals surface area contributed by atoms with Gasteiger partial charge in [0.15, 0.2) is 24.7 Å². The van der Waals surface area contributed by atoms with Gasteiger partial charge in [-0.25, -0.2) is 23.3 Å². The molecule has 3 saturated heterocycles. The Hall–Kier alpha value is -4.14. The summed E-state index contributed by atoms with van der Waals surface area (Å²) in [5.74, 6) is 0.850. The number of morpholine rings is 1. The molecule has 0 saturated carbocycles. The van der Waals surface area contributed by atoms with Crippen molar-refractivity contribution < 1.29 is 27.7 Å². The van der Waals surface area contributed by atoms with Crippen LogP contribution in [0, 0.1) is 5.92 Å². The Morgan fingerprint density at radius 2 is 1.67 bits per heavy atom. The molecule has 43 heavy (non-hydrogen) atoms. The van der Waals surface area contributed by atoms with Gasteiger partial charge in [-0.15, -0.1) is 0 Å². The molecule has 1 amide bonds. The number of rotatable bonds is 9. The number of carbonyl (C=O) groups is 2. The highest BCUT2D eigenvalue weighted by Crippen LogP contribution is 2.30. The summed E-state index contributed by atoms with van der Waals surface area (Å²) >= 11 is 0. The number of likely N-dealkylation sites (tertiary alicyclic amines) is 1. The second-order valence-electron chi connectivity index (χ2n) is 11.1. The van der Waals surface area contributed by atoms with Crippen LogP contribution in [0.1, 0.15) is 38.8 Å². The molecule has 3 fully saturated rings. The van der Waals surface area contributed by atoms with Crippen molar-refractivity contribution in [3.63, 3.8) is 0 Å². The maximum absolute atomic E-state index is 13.9. The van der Waals surface area contributed by atoms with E-state index >= 15 is 0 Å². The molecule has 0 aromatic carbocycles. The zero-order chi connectivity index (χ0) is 30.5. The highest BCUT2D eigenvalue weighted by molar-refractivity contribution is 5.93. The largest absolute Gasteiger partial charge is 0.378 e.